The van der Waals surface area contributed by atoms with Gasteiger partial charge >= 0.3 is 0 Å². The van der Waals surface area contributed by atoms with Gasteiger partial charge in [0, 0.05) is 7.11 Å². The molecule has 14 unspecified atom stereocenters. The van der Waals surface area contributed by atoms with Gasteiger partial charge in [-0.25, -0.2) is 0 Å². The number of ketones is 1. The number of ether oxygens (including phenoxy) is 6. The molecule has 35 heavy (non-hydrogen) atoms. The smallest absolute Gasteiger partial charge is 0.186 e. The van der Waals surface area contributed by atoms with Crippen LogP contribution in [0.1, 0.15) is 0 Å². The van der Waals surface area contributed by atoms with Crippen molar-refractivity contribution in [2.24, 2.45) is 17.2 Å². The van der Waals surface area contributed by atoms with Crippen LogP contribution in [-0.2, 0) is 33.2 Å². The van der Waals surface area contributed by atoms with Crippen LogP contribution in [0.5, 0.6) is 0 Å². The number of aliphatic hydroxyl groups is 6. The Hall–Kier alpha value is -0.930. The molecule has 3 aliphatic rings. The zero-order chi connectivity index (χ0) is 26.0. The van der Waals surface area contributed by atoms with Crippen molar-refractivity contribution in [3.8, 4) is 0 Å². The molecule has 16 nitrogen and oxygen atoms in total. The Morgan fingerprint density at radius 3 is 1.86 bits per heavy atom. The fourth-order valence-corrected chi connectivity index (χ4v) is 4.24. The van der Waals surface area contributed by atoms with Crippen molar-refractivity contribution >= 4 is 5.78 Å². The first-order chi connectivity index (χ1) is 16.6. The first-order valence-electron chi connectivity index (χ1n) is 11.1. The van der Waals surface area contributed by atoms with Crippen LogP contribution >= 0.6 is 0 Å². The van der Waals surface area contributed by atoms with Crippen molar-refractivity contribution in [3.63, 3.8) is 0 Å². The molecule has 12 N–H and O–H groups in total. The molecule has 0 amide bonds. The van der Waals surface area contributed by atoms with Gasteiger partial charge in [0.05, 0.1) is 31.9 Å². The number of aliphatic hydroxyl groups excluding tert-OH is 6. The Labute approximate surface area is 200 Å². The molecule has 3 rings (SSSR count). The van der Waals surface area contributed by atoms with E-state index >= 15 is 0 Å². The standard InChI is InChI=1S/C19H35N3O13/c1-30-17-9(21)13(28)15(6(3-24)32-17)35-19-10(22)14(29)16(7(4-25)33-19)34-18-8(20)12(27)11(26)5(2-23)31-18/h5-13,15-19,23-28H,2-4,20-22H2,1H3. The molecule has 3 fully saturated rings. The average Bonchev–Trinajstić information content (AvgIpc) is 2.86. The highest BCUT2D eigenvalue weighted by Gasteiger charge is 2.52. The molecule has 0 spiro atoms. The normalized spacial score (nSPS) is 49.3. The van der Waals surface area contributed by atoms with Gasteiger partial charge < -0.3 is 76.3 Å². The number of methoxy groups -OCH3 is 1. The van der Waals surface area contributed by atoms with Crippen LogP contribution in [0, 0.1) is 0 Å². The number of carbonyl (C=O) groups excluding carboxylic acids is 1. The molecule has 0 aromatic carbocycles. The SMILES string of the molecule is COC1OC(CO)C(OC2OC(CO)C(OC3OC(CO)C(O)C(O)C3N)C(=O)C2N)C(O)C1N. The summed E-state index contributed by atoms with van der Waals surface area (Å²) < 4.78 is 32.8. The van der Waals surface area contributed by atoms with Crippen LogP contribution in [0.25, 0.3) is 0 Å². The summed E-state index contributed by atoms with van der Waals surface area (Å²) in [5, 5.41) is 59.5. The Balaban J connectivity index is 1.72. The van der Waals surface area contributed by atoms with E-state index in [2.05, 4.69) is 0 Å². The summed E-state index contributed by atoms with van der Waals surface area (Å²) in [4.78, 5) is 13.1. The van der Waals surface area contributed by atoms with Crippen molar-refractivity contribution in [1.29, 1.82) is 0 Å². The lowest BCUT2D eigenvalue weighted by atomic mass is 9.95. The summed E-state index contributed by atoms with van der Waals surface area (Å²) in [6.07, 6.45) is -14.9. The van der Waals surface area contributed by atoms with Crippen LogP contribution < -0.4 is 17.2 Å². The van der Waals surface area contributed by atoms with Crippen LogP contribution in [0.4, 0.5) is 0 Å². The van der Waals surface area contributed by atoms with Crippen molar-refractivity contribution < 1.29 is 63.9 Å². The van der Waals surface area contributed by atoms with Crippen LogP contribution in [0.15, 0.2) is 0 Å². The van der Waals surface area contributed by atoms with Gasteiger partial charge in [0.15, 0.2) is 24.7 Å². The van der Waals surface area contributed by atoms with Crippen molar-refractivity contribution in [2.75, 3.05) is 26.9 Å². The van der Waals surface area contributed by atoms with E-state index in [4.69, 9.17) is 45.6 Å². The number of Topliss-reactive ketones (excluding diaryl/α,β-unsaturated/α-hetero) is 1. The predicted octanol–water partition coefficient (Wildman–Crippen LogP) is -6.81. The minimum Gasteiger partial charge on any atom is -0.394 e. The molecule has 3 heterocycles. The second-order valence-corrected chi connectivity index (χ2v) is 8.62. The molecule has 16 heteroatoms. The van der Waals surface area contributed by atoms with Crippen LogP contribution in [-0.4, -0.2) is 149 Å². The number of hydrogen-bond donors (Lipinski definition) is 9. The summed E-state index contributed by atoms with van der Waals surface area (Å²) >= 11 is 0. The van der Waals surface area contributed by atoms with E-state index in [9.17, 15) is 35.4 Å². The van der Waals surface area contributed by atoms with Gasteiger partial charge in [-0.05, 0) is 0 Å². The van der Waals surface area contributed by atoms with Gasteiger partial charge in [0.25, 0.3) is 0 Å². The number of hydrogen-bond acceptors (Lipinski definition) is 16. The van der Waals surface area contributed by atoms with Gasteiger partial charge in [-0.1, -0.05) is 0 Å². The van der Waals surface area contributed by atoms with E-state index in [0.717, 1.165) is 0 Å². The molecule has 0 bridgehead atoms. The Bertz CT molecular complexity index is 703. The quantitative estimate of drug-likeness (QED) is 0.146. The second-order valence-electron chi connectivity index (χ2n) is 8.62. The highest BCUT2D eigenvalue weighted by Crippen LogP contribution is 2.29. The maximum absolute atomic E-state index is 13.1. The predicted molar refractivity (Wildman–Crippen MR) is 111 cm³/mol. The van der Waals surface area contributed by atoms with Crippen molar-refractivity contribution in [3.05, 3.63) is 0 Å². The lowest BCUT2D eigenvalue weighted by Crippen LogP contribution is -2.68. The molecule has 3 aliphatic heterocycles. The molecule has 0 aromatic rings. The third-order valence-electron chi connectivity index (χ3n) is 6.36. The minimum absolute atomic E-state index is 0.587. The summed E-state index contributed by atoms with van der Waals surface area (Å²) in [6, 6.07) is -3.85. The minimum atomic E-state index is -1.54. The van der Waals surface area contributed by atoms with Crippen molar-refractivity contribution in [1.82, 2.24) is 0 Å². The summed E-state index contributed by atoms with van der Waals surface area (Å²) in [5.74, 6) is -0.789. The molecule has 0 aliphatic carbocycles. The lowest BCUT2D eigenvalue weighted by molar-refractivity contribution is -0.325. The van der Waals surface area contributed by atoms with E-state index in [-0.39, 0.29) is 0 Å². The maximum atomic E-state index is 13.1. The van der Waals surface area contributed by atoms with Crippen molar-refractivity contribution in [2.45, 2.75) is 85.8 Å². The highest BCUT2D eigenvalue weighted by atomic mass is 16.7. The molecular formula is C19H35N3O13. The van der Waals surface area contributed by atoms with E-state index < -0.39 is 111 Å². The zero-order valence-electron chi connectivity index (χ0n) is 19.0. The molecule has 0 aromatic heterocycles. The number of rotatable bonds is 8. The third-order valence-corrected chi connectivity index (χ3v) is 6.36. The van der Waals surface area contributed by atoms with E-state index in [1.54, 1.807) is 0 Å². The van der Waals surface area contributed by atoms with Gasteiger partial charge in [-0.2, -0.15) is 0 Å². The molecule has 0 radical (unpaired) electrons. The fourth-order valence-electron chi connectivity index (χ4n) is 4.24. The fraction of sp³-hybridized carbons (Fsp3) is 0.947. The lowest BCUT2D eigenvalue weighted by Gasteiger charge is -2.46. The summed E-state index contributed by atoms with van der Waals surface area (Å²) in [7, 11) is 1.31. The highest BCUT2D eigenvalue weighted by molar-refractivity contribution is 5.89. The van der Waals surface area contributed by atoms with Gasteiger partial charge in [-0.3, -0.25) is 4.79 Å². The number of carbonyl (C=O) groups is 1. The molecule has 3 saturated heterocycles. The Morgan fingerprint density at radius 2 is 1.29 bits per heavy atom. The molecule has 204 valence electrons. The maximum Gasteiger partial charge on any atom is 0.186 e. The zero-order valence-corrected chi connectivity index (χ0v) is 19.0. The Morgan fingerprint density at radius 1 is 0.743 bits per heavy atom. The van der Waals surface area contributed by atoms with E-state index in [1.807, 2.05) is 0 Å². The van der Waals surface area contributed by atoms with Crippen LogP contribution in [0.2, 0.25) is 0 Å². The average molecular weight is 513 g/mol. The summed E-state index contributed by atoms with van der Waals surface area (Å²) in [6.45, 7) is -1.99. The topological polar surface area (TPSA) is 272 Å². The molecular weight excluding hydrogens is 478 g/mol. The van der Waals surface area contributed by atoms with Gasteiger partial charge in [0.2, 0.25) is 0 Å². The molecule has 14 atom stereocenters. The number of nitrogens with two attached hydrogens (primary N) is 3. The van der Waals surface area contributed by atoms with Gasteiger partial charge in [0.1, 0.15) is 54.9 Å². The third kappa shape index (κ3) is 5.66. The first-order valence-corrected chi connectivity index (χ1v) is 11.1. The summed E-state index contributed by atoms with van der Waals surface area (Å²) in [5.41, 5.74) is 17.8. The monoisotopic (exact) mass is 513 g/mol. The molecule has 0 saturated carbocycles. The second kappa shape index (κ2) is 12.1. The first kappa shape index (κ1) is 28.6. The van der Waals surface area contributed by atoms with E-state index in [1.165, 1.54) is 7.11 Å². The largest absolute Gasteiger partial charge is 0.394 e. The van der Waals surface area contributed by atoms with Crippen LogP contribution in [0.3, 0.4) is 0 Å². The Kier molecular flexibility index (Phi) is 9.88. The van der Waals surface area contributed by atoms with E-state index in [0.29, 0.717) is 0 Å². The van der Waals surface area contributed by atoms with Gasteiger partial charge in [-0.15, -0.1) is 0 Å².